The molecule has 2 aromatic rings. The van der Waals surface area contributed by atoms with Crippen LogP contribution < -0.4 is 0 Å². The molecule has 1 aliphatic carbocycles. The van der Waals surface area contributed by atoms with Gasteiger partial charge in [0.1, 0.15) is 6.10 Å². The second-order valence-corrected chi connectivity index (χ2v) is 5.84. The molecular formula is C17H21NO2. The minimum absolute atomic E-state index is 0.671. The molecule has 3 heteroatoms. The summed E-state index contributed by atoms with van der Waals surface area (Å²) in [5.74, 6) is 0. The number of nitrogens with zero attached hydrogens (tertiary/aromatic N) is 1. The third-order valence-electron chi connectivity index (χ3n) is 4.45. The van der Waals surface area contributed by atoms with E-state index in [2.05, 4.69) is 4.98 Å². The summed E-state index contributed by atoms with van der Waals surface area (Å²) in [6.45, 7) is 0. The maximum absolute atomic E-state index is 10.9. The van der Waals surface area contributed by atoms with Crippen LogP contribution in [-0.4, -0.2) is 20.8 Å². The van der Waals surface area contributed by atoms with E-state index in [0.717, 1.165) is 42.1 Å². The van der Waals surface area contributed by atoms with Crippen LogP contribution in [0.25, 0.3) is 10.9 Å². The highest BCUT2D eigenvalue weighted by molar-refractivity contribution is 5.82. The number of hydrogen-bond donors (Lipinski definition) is 2. The van der Waals surface area contributed by atoms with E-state index >= 15 is 0 Å². The summed E-state index contributed by atoms with van der Waals surface area (Å²) in [7, 11) is 0. The van der Waals surface area contributed by atoms with Crippen molar-refractivity contribution in [3.63, 3.8) is 0 Å². The zero-order valence-corrected chi connectivity index (χ0v) is 11.6. The topological polar surface area (TPSA) is 53.4 Å². The van der Waals surface area contributed by atoms with Crippen molar-refractivity contribution in [2.75, 3.05) is 0 Å². The number of rotatable bonds is 2. The molecule has 106 valence electrons. The standard InChI is InChI=1S/C17H21NO2/c19-16(17(20)10-3-1-2-4-11-17)14-7-5-9-15-13(14)8-6-12-18-15/h5-9,12,16,19-20H,1-4,10-11H2. The van der Waals surface area contributed by atoms with Crippen molar-refractivity contribution in [2.45, 2.75) is 50.2 Å². The summed E-state index contributed by atoms with van der Waals surface area (Å²) in [5, 5.41) is 22.5. The SMILES string of the molecule is OC(c1cccc2ncccc12)C1(O)CCCCCC1. The Bertz CT molecular complexity index is 583. The zero-order chi connectivity index (χ0) is 14.0. The largest absolute Gasteiger partial charge is 0.387 e. The molecule has 2 N–H and O–H groups in total. The van der Waals surface area contributed by atoms with E-state index in [4.69, 9.17) is 0 Å². The predicted molar refractivity (Wildman–Crippen MR) is 79.4 cm³/mol. The van der Waals surface area contributed by atoms with Crippen molar-refractivity contribution >= 4 is 10.9 Å². The Morgan fingerprint density at radius 3 is 2.50 bits per heavy atom. The minimum Gasteiger partial charge on any atom is -0.387 e. The van der Waals surface area contributed by atoms with Gasteiger partial charge in [-0.15, -0.1) is 0 Å². The van der Waals surface area contributed by atoms with Crippen molar-refractivity contribution in [3.05, 3.63) is 42.1 Å². The lowest BCUT2D eigenvalue weighted by atomic mass is 9.83. The molecule has 1 unspecified atom stereocenters. The zero-order valence-electron chi connectivity index (χ0n) is 11.6. The lowest BCUT2D eigenvalue weighted by Gasteiger charge is -2.32. The summed E-state index contributed by atoms with van der Waals surface area (Å²) < 4.78 is 0. The lowest BCUT2D eigenvalue weighted by molar-refractivity contribution is -0.0861. The van der Waals surface area contributed by atoms with Gasteiger partial charge in [-0.1, -0.05) is 43.9 Å². The second-order valence-electron chi connectivity index (χ2n) is 5.84. The van der Waals surface area contributed by atoms with E-state index in [1.54, 1.807) is 6.20 Å². The average molecular weight is 271 g/mol. The second kappa shape index (κ2) is 5.51. The van der Waals surface area contributed by atoms with Crippen molar-refractivity contribution in [2.24, 2.45) is 0 Å². The van der Waals surface area contributed by atoms with Gasteiger partial charge < -0.3 is 10.2 Å². The number of benzene rings is 1. The third kappa shape index (κ3) is 2.43. The minimum atomic E-state index is -0.999. The highest BCUT2D eigenvalue weighted by atomic mass is 16.3. The van der Waals surface area contributed by atoms with Gasteiger partial charge in [-0.2, -0.15) is 0 Å². The molecule has 0 spiro atoms. The van der Waals surface area contributed by atoms with E-state index < -0.39 is 11.7 Å². The highest BCUT2D eigenvalue weighted by Crippen LogP contribution is 2.39. The molecule has 1 saturated carbocycles. The van der Waals surface area contributed by atoms with Gasteiger partial charge >= 0.3 is 0 Å². The fourth-order valence-corrected chi connectivity index (χ4v) is 3.27. The molecule has 20 heavy (non-hydrogen) atoms. The molecule has 0 saturated heterocycles. The van der Waals surface area contributed by atoms with Crippen LogP contribution in [0.5, 0.6) is 0 Å². The third-order valence-corrected chi connectivity index (χ3v) is 4.45. The predicted octanol–water partition coefficient (Wildman–Crippen LogP) is 3.35. The molecule has 0 radical (unpaired) electrons. The number of pyridine rings is 1. The van der Waals surface area contributed by atoms with Crippen LogP contribution in [0, 0.1) is 0 Å². The van der Waals surface area contributed by atoms with Gasteiger partial charge in [-0.3, -0.25) is 4.98 Å². The molecule has 0 aliphatic heterocycles. The smallest absolute Gasteiger partial charge is 0.108 e. The van der Waals surface area contributed by atoms with Crippen molar-refractivity contribution in [3.8, 4) is 0 Å². The molecule has 0 bridgehead atoms. The first-order valence-electron chi connectivity index (χ1n) is 7.45. The molecule has 1 aliphatic rings. The van der Waals surface area contributed by atoms with Crippen molar-refractivity contribution in [1.29, 1.82) is 0 Å². The van der Waals surface area contributed by atoms with Crippen LogP contribution in [0.2, 0.25) is 0 Å². The van der Waals surface area contributed by atoms with Crippen LogP contribution in [0.15, 0.2) is 36.5 Å². The Morgan fingerprint density at radius 1 is 1.00 bits per heavy atom. The number of aliphatic hydroxyl groups excluding tert-OH is 1. The van der Waals surface area contributed by atoms with E-state index in [0.29, 0.717) is 12.8 Å². The van der Waals surface area contributed by atoms with Gasteiger partial charge in [0.05, 0.1) is 11.1 Å². The van der Waals surface area contributed by atoms with Crippen molar-refractivity contribution in [1.82, 2.24) is 4.98 Å². The molecule has 3 rings (SSSR count). The molecule has 3 nitrogen and oxygen atoms in total. The molecule has 1 aromatic carbocycles. The van der Waals surface area contributed by atoms with Gasteiger partial charge in [0.25, 0.3) is 0 Å². The molecule has 1 aromatic heterocycles. The molecule has 1 atom stereocenters. The fraction of sp³-hybridized carbons (Fsp3) is 0.471. The number of aliphatic hydroxyl groups is 2. The van der Waals surface area contributed by atoms with E-state index in [1.165, 1.54) is 0 Å². The molecular weight excluding hydrogens is 250 g/mol. The number of hydrogen-bond acceptors (Lipinski definition) is 3. The number of aromatic nitrogens is 1. The van der Waals surface area contributed by atoms with Crippen LogP contribution in [0.1, 0.15) is 50.2 Å². The summed E-state index contributed by atoms with van der Waals surface area (Å²) in [6, 6.07) is 9.56. The van der Waals surface area contributed by atoms with E-state index in [1.807, 2.05) is 30.3 Å². The fourth-order valence-electron chi connectivity index (χ4n) is 3.27. The quantitative estimate of drug-likeness (QED) is 0.824. The lowest BCUT2D eigenvalue weighted by Crippen LogP contribution is -2.35. The Morgan fingerprint density at radius 2 is 1.75 bits per heavy atom. The average Bonchev–Trinajstić information content (AvgIpc) is 2.72. The Balaban J connectivity index is 2.01. The highest BCUT2D eigenvalue weighted by Gasteiger charge is 2.37. The van der Waals surface area contributed by atoms with Crippen LogP contribution in [0.4, 0.5) is 0 Å². The van der Waals surface area contributed by atoms with Gasteiger partial charge in [-0.25, -0.2) is 0 Å². The number of fused-ring (bicyclic) bond motifs is 1. The van der Waals surface area contributed by atoms with Crippen molar-refractivity contribution < 1.29 is 10.2 Å². The van der Waals surface area contributed by atoms with E-state index in [9.17, 15) is 10.2 Å². The van der Waals surface area contributed by atoms with Gasteiger partial charge in [-0.05, 0) is 30.5 Å². The molecule has 1 fully saturated rings. The Kier molecular flexibility index (Phi) is 3.72. The van der Waals surface area contributed by atoms with Gasteiger partial charge in [0, 0.05) is 11.6 Å². The summed E-state index contributed by atoms with van der Waals surface area (Å²) in [6.07, 6.45) is 6.51. The van der Waals surface area contributed by atoms with Crippen LogP contribution in [-0.2, 0) is 0 Å². The maximum atomic E-state index is 10.9. The first kappa shape index (κ1) is 13.5. The monoisotopic (exact) mass is 271 g/mol. The summed E-state index contributed by atoms with van der Waals surface area (Å²) in [5.41, 5.74) is 0.655. The van der Waals surface area contributed by atoms with E-state index in [-0.39, 0.29) is 0 Å². The molecule has 1 heterocycles. The first-order valence-corrected chi connectivity index (χ1v) is 7.45. The summed E-state index contributed by atoms with van der Waals surface area (Å²) in [4.78, 5) is 4.32. The first-order chi connectivity index (χ1) is 9.71. The van der Waals surface area contributed by atoms with Crippen LogP contribution >= 0.6 is 0 Å². The molecule has 0 amide bonds. The maximum Gasteiger partial charge on any atom is 0.108 e. The Hall–Kier alpha value is -1.45. The van der Waals surface area contributed by atoms with Gasteiger partial charge in [0.15, 0.2) is 0 Å². The normalized spacial score (nSPS) is 20.5. The van der Waals surface area contributed by atoms with Crippen LogP contribution in [0.3, 0.4) is 0 Å². The van der Waals surface area contributed by atoms with Gasteiger partial charge in [0.2, 0.25) is 0 Å². The Labute approximate surface area is 119 Å². The summed E-state index contributed by atoms with van der Waals surface area (Å²) >= 11 is 0.